The standard InChI is InChI=1S/C27H21NO2/c29-27(28-26(19-11-3-1-4-12-19)20-13-5-2-6-14-20)25-21-15-7-9-17-23(21)30-24-18-10-8-16-22(24)25/h1-18,25-26H,(H,28,29). The van der Waals surface area contributed by atoms with Crippen LogP contribution in [0.5, 0.6) is 11.5 Å². The van der Waals surface area contributed by atoms with Crippen LogP contribution in [0.1, 0.15) is 34.2 Å². The third kappa shape index (κ3) is 3.35. The predicted octanol–water partition coefficient (Wildman–Crippen LogP) is 5.83. The fourth-order valence-corrected chi connectivity index (χ4v) is 4.07. The molecule has 4 aromatic rings. The zero-order valence-electron chi connectivity index (χ0n) is 16.4. The van der Waals surface area contributed by atoms with Crippen LogP contribution >= 0.6 is 0 Å². The van der Waals surface area contributed by atoms with Crippen LogP contribution in [0.2, 0.25) is 0 Å². The van der Waals surface area contributed by atoms with Gasteiger partial charge in [0, 0.05) is 11.1 Å². The molecule has 0 bridgehead atoms. The Morgan fingerprint density at radius 2 is 1.07 bits per heavy atom. The molecule has 0 atom stereocenters. The number of carbonyl (C=O) groups excluding carboxylic acids is 1. The lowest BCUT2D eigenvalue weighted by Gasteiger charge is -2.29. The summed E-state index contributed by atoms with van der Waals surface area (Å²) in [4.78, 5) is 13.7. The maximum atomic E-state index is 13.7. The van der Waals surface area contributed by atoms with Crippen molar-refractivity contribution in [3.8, 4) is 11.5 Å². The Morgan fingerprint density at radius 1 is 0.633 bits per heavy atom. The van der Waals surface area contributed by atoms with Crippen LogP contribution in [0.15, 0.2) is 109 Å². The molecule has 4 aromatic carbocycles. The van der Waals surface area contributed by atoms with Crippen molar-refractivity contribution in [2.24, 2.45) is 0 Å². The molecule has 146 valence electrons. The van der Waals surface area contributed by atoms with Gasteiger partial charge in [-0.25, -0.2) is 0 Å². The Labute approximate surface area is 176 Å². The first-order valence-electron chi connectivity index (χ1n) is 10.1. The van der Waals surface area contributed by atoms with Crippen LogP contribution in [-0.2, 0) is 4.79 Å². The Balaban J connectivity index is 1.56. The molecule has 0 saturated carbocycles. The molecule has 0 spiro atoms. The molecule has 3 nitrogen and oxygen atoms in total. The molecule has 5 rings (SSSR count). The largest absolute Gasteiger partial charge is 0.457 e. The summed E-state index contributed by atoms with van der Waals surface area (Å²) in [6.07, 6.45) is 0. The van der Waals surface area contributed by atoms with Gasteiger partial charge in [-0.1, -0.05) is 97.1 Å². The molecule has 1 aliphatic rings. The molecular formula is C27H21NO2. The van der Waals surface area contributed by atoms with Gasteiger partial charge in [-0.3, -0.25) is 4.79 Å². The van der Waals surface area contributed by atoms with Gasteiger partial charge in [0.2, 0.25) is 5.91 Å². The zero-order chi connectivity index (χ0) is 20.3. The average molecular weight is 391 g/mol. The first kappa shape index (κ1) is 18.2. The van der Waals surface area contributed by atoms with Gasteiger partial charge in [0.1, 0.15) is 11.5 Å². The Morgan fingerprint density at radius 3 is 1.57 bits per heavy atom. The molecule has 0 aliphatic carbocycles. The molecule has 1 amide bonds. The van der Waals surface area contributed by atoms with Gasteiger partial charge in [0.25, 0.3) is 0 Å². The van der Waals surface area contributed by atoms with E-state index < -0.39 is 5.92 Å². The molecule has 0 radical (unpaired) electrons. The molecule has 0 saturated heterocycles. The number of rotatable bonds is 4. The third-order valence-electron chi connectivity index (χ3n) is 5.49. The summed E-state index contributed by atoms with van der Waals surface area (Å²) in [6, 6.07) is 35.4. The maximum absolute atomic E-state index is 13.7. The highest BCUT2D eigenvalue weighted by molar-refractivity contribution is 5.90. The lowest BCUT2D eigenvalue weighted by Crippen LogP contribution is -2.35. The summed E-state index contributed by atoms with van der Waals surface area (Å²) in [5.41, 5.74) is 3.86. The van der Waals surface area contributed by atoms with Crippen molar-refractivity contribution in [2.75, 3.05) is 0 Å². The van der Waals surface area contributed by atoms with Crippen LogP contribution < -0.4 is 10.1 Å². The third-order valence-corrected chi connectivity index (χ3v) is 5.49. The Hall–Kier alpha value is -3.85. The number of amides is 1. The number of carbonyl (C=O) groups is 1. The van der Waals surface area contributed by atoms with Gasteiger partial charge in [0.15, 0.2) is 0 Å². The van der Waals surface area contributed by atoms with Gasteiger partial charge in [-0.15, -0.1) is 0 Å². The van der Waals surface area contributed by atoms with Gasteiger partial charge in [-0.05, 0) is 23.3 Å². The summed E-state index contributed by atoms with van der Waals surface area (Å²) >= 11 is 0. The van der Waals surface area contributed by atoms with E-state index in [1.165, 1.54) is 0 Å². The zero-order valence-corrected chi connectivity index (χ0v) is 16.4. The van der Waals surface area contributed by atoms with Crippen LogP contribution in [0.25, 0.3) is 0 Å². The van der Waals surface area contributed by atoms with E-state index in [0.29, 0.717) is 0 Å². The lowest BCUT2D eigenvalue weighted by atomic mass is 9.86. The molecule has 1 heterocycles. The second-order valence-electron chi connectivity index (χ2n) is 7.37. The van der Waals surface area contributed by atoms with Crippen LogP contribution in [0.3, 0.4) is 0 Å². The van der Waals surface area contributed by atoms with Crippen molar-refractivity contribution in [3.05, 3.63) is 131 Å². The first-order chi connectivity index (χ1) is 14.8. The number of hydrogen-bond acceptors (Lipinski definition) is 2. The minimum absolute atomic E-state index is 0.0455. The summed E-state index contributed by atoms with van der Waals surface area (Å²) in [5, 5.41) is 3.31. The number of para-hydroxylation sites is 2. The highest BCUT2D eigenvalue weighted by atomic mass is 16.5. The summed E-state index contributed by atoms with van der Waals surface area (Å²) in [5.74, 6) is 0.983. The van der Waals surface area contributed by atoms with E-state index in [4.69, 9.17) is 4.74 Å². The number of fused-ring (bicyclic) bond motifs is 2. The quantitative estimate of drug-likeness (QED) is 0.475. The normalized spacial score (nSPS) is 12.6. The molecule has 0 unspecified atom stereocenters. The van der Waals surface area contributed by atoms with Crippen molar-refractivity contribution in [1.82, 2.24) is 5.32 Å². The Bertz CT molecular complexity index is 1090. The lowest BCUT2D eigenvalue weighted by molar-refractivity contribution is -0.122. The van der Waals surface area contributed by atoms with Crippen molar-refractivity contribution >= 4 is 5.91 Å². The van der Waals surface area contributed by atoms with Crippen molar-refractivity contribution in [3.63, 3.8) is 0 Å². The topological polar surface area (TPSA) is 38.3 Å². The van der Waals surface area contributed by atoms with E-state index in [2.05, 4.69) is 5.32 Å². The fourth-order valence-electron chi connectivity index (χ4n) is 4.07. The molecule has 1 aliphatic heterocycles. The predicted molar refractivity (Wildman–Crippen MR) is 118 cm³/mol. The molecule has 3 heteroatoms. The molecule has 0 aromatic heterocycles. The summed E-state index contributed by atoms with van der Waals surface area (Å²) in [6.45, 7) is 0. The van der Waals surface area contributed by atoms with E-state index in [1.54, 1.807) is 0 Å². The number of hydrogen-bond donors (Lipinski definition) is 1. The van der Waals surface area contributed by atoms with Crippen LogP contribution in [0, 0.1) is 0 Å². The maximum Gasteiger partial charge on any atom is 0.233 e. The SMILES string of the molecule is O=C(NC(c1ccccc1)c1ccccc1)C1c2ccccc2Oc2ccccc21. The molecule has 1 N–H and O–H groups in total. The molecule has 30 heavy (non-hydrogen) atoms. The van der Waals surface area contributed by atoms with E-state index in [1.807, 2.05) is 109 Å². The summed E-state index contributed by atoms with van der Waals surface area (Å²) in [7, 11) is 0. The fraction of sp³-hybridized carbons (Fsp3) is 0.0741. The van der Waals surface area contributed by atoms with Gasteiger partial charge >= 0.3 is 0 Å². The van der Waals surface area contributed by atoms with Gasteiger partial charge < -0.3 is 10.1 Å². The van der Waals surface area contributed by atoms with Crippen molar-refractivity contribution < 1.29 is 9.53 Å². The van der Waals surface area contributed by atoms with E-state index in [9.17, 15) is 4.79 Å². The Kier molecular flexibility index (Phi) is 4.78. The summed E-state index contributed by atoms with van der Waals surface area (Å²) < 4.78 is 6.05. The smallest absolute Gasteiger partial charge is 0.233 e. The highest BCUT2D eigenvalue weighted by Crippen LogP contribution is 2.44. The van der Waals surface area contributed by atoms with E-state index in [-0.39, 0.29) is 11.9 Å². The first-order valence-corrected chi connectivity index (χ1v) is 10.1. The minimum atomic E-state index is -0.430. The van der Waals surface area contributed by atoms with E-state index in [0.717, 1.165) is 33.8 Å². The van der Waals surface area contributed by atoms with Crippen molar-refractivity contribution in [2.45, 2.75) is 12.0 Å². The van der Waals surface area contributed by atoms with Gasteiger partial charge in [-0.2, -0.15) is 0 Å². The molecule has 0 fully saturated rings. The average Bonchev–Trinajstić information content (AvgIpc) is 2.82. The number of ether oxygens (including phenoxy) is 1. The second kappa shape index (κ2) is 7.88. The number of nitrogens with one attached hydrogen (secondary N) is 1. The minimum Gasteiger partial charge on any atom is -0.457 e. The van der Waals surface area contributed by atoms with Crippen LogP contribution in [-0.4, -0.2) is 5.91 Å². The number of benzene rings is 4. The van der Waals surface area contributed by atoms with E-state index >= 15 is 0 Å². The van der Waals surface area contributed by atoms with Gasteiger partial charge in [0.05, 0.1) is 12.0 Å². The monoisotopic (exact) mass is 391 g/mol. The van der Waals surface area contributed by atoms with Crippen LogP contribution in [0.4, 0.5) is 0 Å². The molecular weight excluding hydrogens is 370 g/mol. The highest BCUT2D eigenvalue weighted by Gasteiger charge is 2.33. The second-order valence-corrected chi connectivity index (χ2v) is 7.37. The van der Waals surface area contributed by atoms with Crippen molar-refractivity contribution in [1.29, 1.82) is 0 Å².